The molecule has 118 valence electrons. The molecule has 0 bridgehead atoms. The van der Waals surface area contributed by atoms with Crippen LogP contribution in [0, 0.1) is 5.92 Å². The Balaban J connectivity index is 2.19. The lowest BCUT2D eigenvalue weighted by Crippen LogP contribution is -2.27. The lowest BCUT2D eigenvalue weighted by Gasteiger charge is -2.28. The third kappa shape index (κ3) is 4.25. The van der Waals surface area contributed by atoms with E-state index in [4.69, 9.17) is 15.2 Å². The van der Waals surface area contributed by atoms with E-state index in [0.717, 1.165) is 12.8 Å². The van der Waals surface area contributed by atoms with E-state index in [-0.39, 0.29) is 17.7 Å². The van der Waals surface area contributed by atoms with Crippen molar-refractivity contribution in [2.75, 3.05) is 20.3 Å². The van der Waals surface area contributed by atoms with Gasteiger partial charge in [0.25, 0.3) is 0 Å². The van der Waals surface area contributed by atoms with Gasteiger partial charge in [0.2, 0.25) is 0 Å². The van der Waals surface area contributed by atoms with Gasteiger partial charge in [-0.05, 0) is 24.8 Å². The molecule has 0 radical (unpaired) electrons. The first kappa shape index (κ1) is 15.9. The Kier molecular flexibility index (Phi) is 4.95. The standard InChI is InChI=1S/C14H18F3NO3/c1-19-12-8-10(21-14(15,16)17)2-3-11(12)13(18)9-4-6-20-7-5-9/h2-3,8-9,13H,4-7,18H2,1H3/t13-/m0/s1. The highest BCUT2D eigenvalue weighted by molar-refractivity contribution is 5.42. The van der Waals surface area contributed by atoms with Crippen LogP contribution >= 0.6 is 0 Å². The molecule has 4 nitrogen and oxygen atoms in total. The van der Waals surface area contributed by atoms with E-state index < -0.39 is 6.36 Å². The van der Waals surface area contributed by atoms with Gasteiger partial charge in [0.1, 0.15) is 11.5 Å². The smallest absolute Gasteiger partial charge is 0.496 e. The minimum absolute atomic E-state index is 0.224. The van der Waals surface area contributed by atoms with E-state index in [1.165, 1.54) is 25.3 Å². The molecule has 0 unspecified atom stereocenters. The van der Waals surface area contributed by atoms with Crippen molar-refractivity contribution in [3.63, 3.8) is 0 Å². The fraction of sp³-hybridized carbons (Fsp3) is 0.571. The zero-order valence-electron chi connectivity index (χ0n) is 11.7. The largest absolute Gasteiger partial charge is 0.573 e. The summed E-state index contributed by atoms with van der Waals surface area (Å²) in [6, 6.07) is 3.69. The summed E-state index contributed by atoms with van der Waals surface area (Å²) in [5.74, 6) is 0.208. The van der Waals surface area contributed by atoms with Crippen LogP contribution in [0.4, 0.5) is 13.2 Å². The summed E-state index contributed by atoms with van der Waals surface area (Å²) in [6.45, 7) is 1.30. The summed E-state index contributed by atoms with van der Waals surface area (Å²) >= 11 is 0. The topological polar surface area (TPSA) is 53.7 Å². The van der Waals surface area contributed by atoms with Crippen molar-refractivity contribution in [3.05, 3.63) is 23.8 Å². The number of rotatable bonds is 4. The van der Waals surface area contributed by atoms with Gasteiger partial charge in [-0.25, -0.2) is 0 Å². The van der Waals surface area contributed by atoms with Gasteiger partial charge >= 0.3 is 6.36 Å². The van der Waals surface area contributed by atoms with Crippen molar-refractivity contribution in [2.24, 2.45) is 11.7 Å². The van der Waals surface area contributed by atoms with Gasteiger partial charge in [-0.15, -0.1) is 13.2 Å². The number of alkyl halides is 3. The summed E-state index contributed by atoms with van der Waals surface area (Å²) in [5, 5.41) is 0. The number of nitrogens with two attached hydrogens (primary N) is 1. The first-order chi connectivity index (χ1) is 9.90. The molecule has 1 heterocycles. The molecule has 0 amide bonds. The second-order valence-electron chi connectivity index (χ2n) is 4.93. The summed E-state index contributed by atoms with van der Waals surface area (Å²) in [7, 11) is 1.40. The fourth-order valence-corrected chi connectivity index (χ4v) is 2.49. The molecule has 1 aromatic carbocycles. The number of hydrogen-bond donors (Lipinski definition) is 1. The van der Waals surface area contributed by atoms with E-state index in [9.17, 15) is 13.2 Å². The number of hydrogen-bond acceptors (Lipinski definition) is 4. The highest BCUT2D eigenvalue weighted by Crippen LogP contribution is 2.36. The first-order valence-corrected chi connectivity index (χ1v) is 6.67. The minimum atomic E-state index is -4.73. The summed E-state index contributed by atoms with van der Waals surface area (Å²) in [5.41, 5.74) is 6.90. The number of halogens is 3. The average molecular weight is 305 g/mol. The summed E-state index contributed by atoms with van der Waals surface area (Å²) in [4.78, 5) is 0. The van der Waals surface area contributed by atoms with Crippen LogP contribution in [0.25, 0.3) is 0 Å². The van der Waals surface area contributed by atoms with Crippen LogP contribution in [0.15, 0.2) is 18.2 Å². The van der Waals surface area contributed by atoms with E-state index in [2.05, 4.69) is 4.74 Å². The Morgan fingerprint density at radius 1 is 1.29 bits per heavy atom. The lowest BCUT2D eigenvalue weighted by molar-refractivity contribution is -0.274. The molecule has 7 heteroatoms. The van der Waals surface area contributed by atoms with Crippen LogP contribution in [-0.2, 0) is 4.74 Å². The molecule has 2 rings (SSSR count). The Hall–Kier alpha value is -1.47. The van der Waals surface area contributed by atoms with E-state index in [0.29, 0.717) is 24.5 Å². The lowest BCUT2D eigenvalue weighted by atomic mass is 9.87. The maximum Gasteiger partial charge on any atom is 0.573 e. The summed E-state index contributed by atoms with van der Waals surface area (Å²) < 4.78 is 51.0. The van der Waals surface area contributed by atoms with Crippen molar-refractivity contribution >= 4 is 0 Å². The van der Waals surface area contributed by atoms with Crippen LogP contribution in [0.2, 0.25) is 0 Å². The molecular weight excluding hydrogens is 287 g/mol. The van der Waals surface area contributed by atoms with Crippen LogP contribution in [-0.4, -0.2) is 26.7 Å². The number of ether oxygens (including phenoxy) is 3. The van der Waals surface area contributed by atoms with Crippen molar-refractivity contribution < 1.29 is 27.4 Å². The highest BCUT2D eigenvalue weighted by Gasteiger charge is 2.32. The van der Waals surface area contributed by atoms with Crippen molar-refractivity contribution in [1.29, 1.82) is 0 Å². The molecule has 0 aliphatic carbocycles. The maximum atomic E-state index is 12.2. The van der Waals surface area contributed by atoms with Gasteiger partial charge in [0.05, 0.1) is 7.11 Å². The number of methoxy groups -OCH3 is 1. The fourth-order valence-electron chi connectivity index (χ4n) is 2.49. The van der Waals surface area contributed by atoms with E-state index in [1.54, 1.807) is 0 Å². The van der Waals surface area contributed by atoms with Crippen molar-refractivity contribution in [2.45, 2.75) is 25.2 Å². The predicted molar refractivity (Wildman–Crippen MR) is 70.1 cm³/mol. The normalized spacial score (nSPS) is 18.3. The highest BCUT2D eigenvalue weighted by atomic mass is 19.4. The Morgan fingerprint density at radius 2 is 1.95 bits per heavy atom. The monoisotopic (exact) mass is 305 g/mol. The molecule has 2 N–H and O–H groups in total. The van der Waals surface area contributed by atoms with Gasteiger partial charge in [-0.1, -0.05) is 6.07 Å². The number of benzene rings is 1. The first-order valence-electron chi connectivity index (χ1n) is 6.67. The molecule has 1 aliphatic rings. The van der Waals surface area contributed by atoms with Gasteiger partial charge in [-0.2, -0.15) is 0 Å². The van der Waals surface area contributed by atoms with E-state index in [1.807, 2.05) is 0 Å². The average Bonchev–Trinajstić information content (AvgIpc) is 2.45. The predicted octanol–water partition coefficient (Wildman–Crippen LogP) is 3.02. The van der Waals surface area contributed by atoms with Crippen LogP contribution in [0.3, 0.4) is 0 Å². The third-order valence-corrected chi connectivity index (χ3v) is 3.57. The SMILES string of the molecule is COc1cc(OC(F)(F)F)ccc1[C@@H](N)C1CCOCC1. The molecule has 1 aromatic rings. The maximum absolute atomic E-state index is 12.2. The van der Waals surface area contributed by atoms with E-state index >= 15 is 0 Å². The molecule has 1 aliphatic heterocycles. The molecule has 1 fully saturated rings. The van der Waals surface area contributed by atoms with Gasteiger partial charge < -0.3 is 19.9 Å². The van der Waals surface area contributed by atoms with Crippen LogP contribution < -0.4 is 15.2 Å². The molecule has 1 saturated heterocycles. The Bertz CT molecular complexity index is 473. The Morgan fingerprint density at radius 3 is 2.52 bits per heavy atom. The minimum Gasteiger partial charge on any atom is -0.496 e. The molecule has 21 heavy (non-hydrogen) atoms. The molecular formula is C14H18F3NO3. The quantitative estimate of drug-likeness (QED) is 0.929. The van der Waals surface area contributed by atoms with Gasteiger partial charge in [-0.3, -0.25) is 0 Å². The zero-order valence-corrected chi connectivity index (χ0v) is 11.7. The Labute approximate surface area is 121 Å². The molecule has 0 aromatic heterocycles. The van der Waals surface area contributed by atoms with Crippen molar-refractivity contribution in [1.82, 2.24) is 0 Å². The van der Waals surface area contributed by atoms with Crippen LogP contribution in [0.5, 0.6) is 11.5 Å². The second-order valence-corrected chi connectivity index (χ2v) is 4.93. The van der Waals surface area contributed by atoms with Crippen LogP contribution in [0.1, 0.15) is 24.4 Å². The van der Waals surface area contributed by atoms with Gasteiger partial charge in [0, 0.05) is 30.9 Å². The molecule has 0 spiro atoms. The zero-order chi connectivity index (χ0) is 15.5. The summed E-state index contributed by atoms with van der Waals surface area (Å²) in [6.07, 6.45) is -3.08. The third-order valence-electron chi connectivity index (χ3n) is 3.57. The molecule has 0 saturated carbocycles. The van der Waals surface area contributed by atoms with Crippen molar-refractivity contribution in [3.8, 4) is 11.5 Å². The second kappa shape index (κ2) is 6.53. The molecule has 1 atom stereocenters. The van der Waals surface area contributed by atoms with Gasteiger partial charge in [0.15, 0.2) is 0 Å².